The van der Waals surface area contributed by atoms with Crippen molar-refractivity contribution >= 4 is 5.97 Å². The van der Waals surface area contributed by atoms with Crippen LogP contribution in [-0.2, 0) is 14.3 Å². The molecule has 5 aliphatic carbocycles. The zero-order valence-electron chi connectivity index (χ0n) is 17.9. The van der Waals surface area contributed by atoms with Gasteiger partial charge in [0.2, 0.25) is 0 Å². The molecule has 3 nitrogen and oxygen atoms in total. The Morgan fingerprint density at radius 1 is 1.04 bits per heavy atom. The maximum Gasteiger partial charge on any atom is 0.308 e. The second-order valence-electron chi connectivity index (χ2n) is 11.3. The lowest BCUT2D eigenvalue weighted by Crippen LogP contribution is -2.57. The quantitative estimate of drug-likeness (QED) is 0.646. The fourth-order valence-electron chi connectivity index (χ4n) is 9.79. The number of fused-ring (bicyclic) bond motifs is 4. The number of hydrogen-bond donors (Lipinski definition) is 0. The van der Waals surface area contributed by atoms with Crippen LogP contribution in [0, 0.1) is 51.8 Å². The summed E-state index contributed by atoms with van der Waals surface area (Å²) in [6, 6.07) is 0. The predicted molar refractivity (Wildman–Crippen MR) is 105 cm³/mol. The topological polar surface area (TPSA) is 35.5 Å². The molecular formula is C24H38O3. The first-order chi connectivity index (χ1) is 12.8. The van der Waals surface area contributed by atoms with Gasteiger partial charge < -0.3 is 9.47 Å². The largest absolute Gasteiger partial charge is 0.469 e. The van der Waals surface area contributed by atoms with E-state index < -0.39 is 0 Å². The van der Waals surface area contributed by atoms with Crippen LogP contribution in [0.4, 0.5) is 0 Å². The zero-order valence-corrected chi connectivity index (χ0v) is 17.9. The van der Waals surface area contributed by atoms with Gasteiger partial charge in [0.15, 0.2) is 0 Å². The molecule has 0 amide bonds. The Hall–Kier alpha value is -0.570. The molecule has 5 fully saturated rings. The van der Waals surface area contributed by atoms with Crippen molar-refractivity contribution in [2.75, 3.05) is 14.2 Å². The molecular weight excluding hydrogens is 336 g/mol. The van der Waals surface area contributed by atoms with Crippen LogP contribution in [0.2, 0.25) is 0 Å². The molecule has 0 saturated heterocycles. The van der Waals surface area contributed by atoms with Crippen LogP contribution in [0.15, 0.2) is 0 Å². The number of ether oxygens (including phenoxy) is 2. The van der Waals surface area contributed by atoms with Crippen LogP contribution >= 0.6 is 0 Å². The maximum absolute atomic E-state index is 12.3. The van der Waals surface area contributed by atoms with Crippen LogP contribution in [0.3, 0.4) is 0 Å². The number of carbonyl (C=O) groups is 1. The molecule has 0 N–H and O–H groups in total. The maximum atomic E-state index is 12.3. The summed E-state index contributed by atoms with van der Waals surface area (Å²) in [4.78, 5) is 12.3. The average molecular weight is 375 g/mol. The van der Waals surface area contributed by atoms with Crippen molar-refractivity contribution in [3.63, 3.8) is 0 Å². The number of esters is 1. The Kier molecular flexibility index (Phi) is 3.92. The van der Waals surface area contributed by atoms with Crippen molar-refractivity contribution in [1.29, 1.82) is 0 Å². The third-order valence-electron chi connectivity index (χ3n) is 11.1. The highest BCUT2D eigenvalue weighted by atomic mass is 16.5. The van der Waals surface area contributed by atoms with E-state index in [2.05, 4.69) is 20.8 Å². The van der Waals surface area contributed by atoms with E-state index in [1.165, 1.54) is 51.4 Å². The van der Waals surface area contributed by atoms with Gasteiger partial charge in [-0.2, -0.15) is 0 Å². The van der Waals surface area contributed by atoms with Crippen molar-refractivity contribution in [2.45, 2.75) is 78.2 Å². The van der Waals surface area contributed by atoms with Crippen LogP contribution in [0.5, 0.6) is 0 Å². The molecule has 27 heavy (non-hydrogen) atoms. The van der Waals surface area contributed by atoms with Gasteiger partial charge in [-0.1, -0.05) is 20.8 Å². The van der Waals surface area contributed by atoms with Gasteiger partial charge in [-0.3, -0.25) is 4.79 Å². The van der Waals surface area contributed by atoms with Crippen molar-refractivity contribution < 1.29 is 14.3 Å². The predicted octanol–water partition coefficient (Wildman–Crippen LogP) is 5.08. The van der Waals surface area contributed by atoms with Gasteiger partial charge in [-0.15, -0.1) is 0 Å². The second kappa shape index (κ2) is 5.74. The van der Waals surface area contributed by atoms with Crippen LogP contribution < -0.4 is 0 Å². The molecule has 5 rings (SSSR count). The highest BCUT2D eigenvalue weighted by molar-refractivity contribution is 5.72. The lowest BCUT2D eigenvalue weighted by molar-refractivity contribution is -0.165. The summed E-state index contributed by atoms with van der Waals surface area (Å²) in [5.74, 6) is 3.88. The van der Waals surface area contributed by atoms with Gasteiger partial charge >= 0.3 is 5.97 Å². The number of methoxy groups -OCH3 is 2. The molecule has 0 bridgehead atoms. The van der Waals surface area contributed by atoms with Gasteiger partial charge in [-0.25, -0.2) is 0 Å². The number of rotatable bonds is 3. The first-order valence-corrected chi connectivity index (χ1v) is 11.4. The number of carbonyl (C=O) groups excluding carboxylic acids is 1. The molecule has 0 aromatic carbocycles. The van der Waals surface area contributed by atoms with E-state index in [-0.39, 0.29) is 11.9 Å². The monoisotopic (exact) mass is 374 g/mol. The minimum Gasteiger partial charge on any atom is -0.469 e. The lowest BCUT2D eigenvalue weighted by atomic mass is 9.45. The molecule has 10 atom stereocenters. The summed E-state index contributed by atoms with van der Waals surface area (Å²) in [6.45, 7) is 7.25. The van der Waals surface area contributed by atoms with E-state index in [1.54, 1.807) is 7.11 Å². The van der Waals surface area contributed by atoms with E-state index in [1.807, 2.05) is 7.11 Å². The molecule has 5 aliphatic rings. The van der Waals surface area contributed by atoms with Gasteiger partial charge in [0.25, 0.3) is 0 Å². The third-order valence-corrected chi connectivity index (χ3v) is 11.1. The number of hydrogen-bond acceptors (Lipinski definition) is 3. The Morgan fingerprint density at radius 3 is 2.48 bits per heavy atom. The molecule has 0 heterocycles. The smallest absolute Gasteiger partial charge is 0.308 e. The summed E-state index contributed by atoms with van der Waals surface area (Å²) in [5.41, 5.74) is 1.30. The normalized spacial score (nSPS) is 56.5. The van der Waals surface area contributed by atoms with Crippen molar-refractivity contribution in [2.24, 2.45) is 51.8 Å². The molecule has 152 valence electrons. The Morgan fingerprint density at radius 2 is 1.81 bits per heavy atom. The summed E-state index contributed by atoms with van der Waals surface area (Å²) < 4.78 is 11.3. The van der Waals surface area contributed by atoms with E-state index in [4.69, 9.17) is 9.47 Å². The lowest BCUT2D eigenvalue weighted by Gasteiger charge is -2.61. The first kappa shape index (κ1) is 18.5. The van der Waals surface area contributed by atoms with Gasteiger partial charge in [0.1, 0.15) is 0 Å². The van der Waals surface area contributed by atoms with Crippen molar-refractivity contribution in [3.05, 3.63) is 0 Å². The minimum atomic E-state index is -0.00931. The summed E-state index contributed by atoms with van der Waals surface area (Å²) in [5, 5.41) is 0. The molecule has 5 saturated carbocycles. The standard InChI is InChI=1S/C24H38O3/c1-14(21(25)27-5)17-6-7-18-16-12-20(26-4)24-13-15(24)8-11-23(24,3)19(16)9-10-22(17,18)2/h14-20H,6-13H2,1-5H3/t14-,15+,16-,17-,18-,19-,20+,22+,23+,24-/m0/s1. The summed E-state index contributed by atoms with van der Waals surface area (Å²) in [6.07, 6.45) is 11.2. The summed E-state index contributed by atoms with van der Waals surface area (Å²) >= 11 is 0. The SMILES string of the molecule is COC(=O)[C@@H](C)[C@@H]1CC[C@H]2[C@@H]3C[C@@H](OC)[C@]45C[C@H]4CC[C@]5(C)[C@H]3CC[C@@]21C. The highest BCUT2D eigenvalue weighted by Crippen LogP contribution is 2.82. The summed E-state index contributed by atoms with van der Waals surface area (Å²) in [7, 11) is 3.51. The van der Waals surface area contributed by atoms with E-state index >= 15 is 0 Å². The molecule has 0 radical (unpaired) electrons. The van der Waals surface area contributed by atoms with E-state index in [9.17, 15) is 4.79 Å². The first-order valence-electron chi connectivity index (χ1n) is 11.4. The fourth-order valence-corrected chi connectivity index (χ4v) is 9.79. The molecule has 0 unspecified atom stereocenters. The van der Waals surface area contributed by atoms with Gasteiger partial charge in [0.05, 0.1) is 19.1 Å². The second-order valence-corrected chi connectivity index (χ2v) is 11.3. The molecule has 0 aromatic rings. The van der Waals surface area contributed by atoms with Crippen molar-refractivity contribution in [1.82, 2.24) is 0 Å². The van der Waals surface area contributed by atoms with E-state index in [0.29, 0.717) is 28.3 Å². The van der Waals surface area contributed by atoms with Crippen molar-refractivity contribution in [3.8, 4) is 0 Å². The highest BCUT2D eigenvalue weighted by Gasteiger charge is 2.77. The van der Waals surface area contributed by atoms with Gasteiger partial charge in [0, 0.05) is 12.5 Å². The zero-order chi connectivity index (χ0) is 19.2. The Labute approximate surface area is 164 Å². The van der Waals surface area contributed by atoms with Crippen LogP contribution in [0.1, 0.15) is 72.1 Å². The fraction of sp³-hybridized carbons (Fsp3) is 0.958. The van der Waals surface area contributed by atoms with Crippen LogP contribution in [-0.4, -0.2) is 26.3 Å². The molecule has 0 aliphatic heterocycles. The molecule has 0 aromatic heterocycles. The molecule has 1 spiro atoms. The Bertz CT molecular complexity index is 646. The minimum absolute atomic E-state index is 0.00931. The van der Waals surface area contributed by atoms with Gasteiger partial charge in [-0.05, 0) is 91.8 Å². The molecule has 3 heteroatoms. The Balaban J connectivity index is 1.47. The van der Waals surface area contributed by atoms with Crippen LogP contribution in [0.25, 0.3) is 0 Å². The third kappa shape index (κ3) is 2.05. The average Bonchev–Trinajstić information content (AvgIpc) is 3.17. The van der Waals surface area contributed by atoms with E-state index in [0.717, 1.165) is 23.7 Å².